The van der Waals surface area contributed by atoms with Crippen LogP contribution in [0.5, 0.6) is 0 Å². The third kappa shape index (κ3) is 7.75. The molecule has 3 amide bonds. The van der Waals surface area contributed by atoms with Crippen LogP contribution in [0.1, 0.15) is 24.0 Å². The largest absolute Gasteiger partial charge is 0.445 e. The first-order chi connectivity index (χ1) is 20.6. The predicted molar refractivity (Wildman–Crippen MR) is 154 cm³/mol. The number of nitrogens with zero attached hydrogens (tertiary/aromatic N) is 6. The molecule has 2 aliphatic heterocycles. The number of nitro groups is 2. The van der Waals surface area contributed by atoms with Gasteiger partial charge in [0.2, 0.25) is 18.3 Å². The molecule has 2 N–H and O–H groups in total. The van der Waals surface area contributed by atoms with Crippen molar-refractivity contribution in [1.82, 2.24) is 14.9 Å². The van der Waals surface area contributed by atoms with Gasteiger partial charge in [-0.2, -0.15) is 17.6 Å². The zero-order valence-corrected chi connectivity index (χ0v) is 23.7. The molecular weight excluding hydrogens is 586 g/mol. The standard InChI is InChI=1S/C26H29N7O9S/c27-25(28-16-34)31(42-15-18-3-7-20(8-4-18)33(39)40)21-9-10-29(12-21)24(35)23-11-22(43)13-30(23)26(36)41-14-17-1-5-19(6-2-17)32(37)38/h1-8,16,21-23,43H,9-15H2,(H2,27,28,34)/t21-,22+,23+/m1/s1. The van der Waals surface area contributed by atoms with Crippen LogP contribution in [-0.2, 0) is 32.4 Å². The fourth-order valence-electron chi connectivity index (χ4n) is 4.86. The third-order valence-corrected chi connectivity index (χ3v) is 7.42. The number of guanidine groups is 1. The molecule has 2 aromatic rings. The van der Waals surface area contributed by atoms with E-state index >= 15 is 0 Å². The van der Waals surface area contributed by atoms with Gasteiger partial charge in [0, 0.05) is 49.1 Å². The van der Waals surface area contributed by atoms with E-state index in [0.717, 1.165) is 0 Å². The maximum atomic E-state index is 13.6. The van der Waals surface area contributed by atoms with Crippen LogP contribution in [-0.4, -0.2) is 86.0 Å². The van der Waals surface area contributed by atoms with Crippen molar-refractivity contribution in [3.05, 3.63) is 79.9 Å². The number of nitro benzene ring substituents is 2. The van der Waals surface area contributed by atoms with Crippen molar-refractivity contribution >= 4 is 48.4 Å². The second kappa shape index (κ2) is 13.9. The van der Waals surface area contributed by atoms with E-state index in [4.69, 9.17) is 15.3 Å². The Bertz CT molecular complexity index is 1390. The Labute approximate surface area is 250 Å². The van der Waals surface area contributed by atoms with Gasteiger partial charge < -0.3 is 15.4 Å². The van der Waals surface area contributed by atoms with Crippen molar-refractivity contribution in [3.63, 3.8) is 0 Å². The Morgan fingerprint density at radius 1 is 1.02 bits per heavy atom. The predicted octanol–water partition coefficient (Wildman–Crippen LogP) is 2.02. The number of ether oxygens (including phenoxy) is 1. The van der Waals surface area contributed by atoms with Crippen molar-refractivity contribution in [2.45, 2.75) is 43.4 Å². The van der Waals surface area contributed by atoms with Gasteiger partial charge in [0.1, 0.15) is 19.3 Å². The van der Waals surface area contributed by atoms with E-state index in [0.29, 0.717) is 30.5 Å². The summed E-state index contributed by atoms with van der Waals surface area (Å²) in [6.45, 7) is 0.505. The van der Waals surface area contributed by atoms with Crippen LogP contribution in [0.2, 0.25) is 0 Å². The lowest BCUT2D eigenvalue weighted by Gasteiger charge is -2.30. The minimum Gasteiger partial charge on any atom is -0.445 e. The number of likely N-dealkylation sites (tertiary alicyclic amines) is 2. The summed E-state index contributed by atoms with van der Waals surface area (Å²) < 4.78 is 5.40. The summed E-state index contributed by atoms with van der Waals surface area (Å²) in [6.07, 6.45) is 0.286. The van der Waals surface area contributed by atoms with E-state index < -0.39 is 28.0 Å². The molecule has 2 aliphatic rings. The summed E-state index contributed by atoms with van der Waals surface area (Å²) in [5.74, 6) is -0.531. The zero-order valence-electron chi connectivity index (χ0n) is 22.8. The molecule has 0 aliphatic carbocycles. The van der Waals surface area contributed by atoms with Gasteiger partial charge in [-0.1, -0.05) is 0 Å². The second-order valence-electron chi connectivity index (χ2n) is 9.88. The molecule has 0 radical (unpaired) electrons. The van der Waals surface area contributed by atoms with Crippen molar-refractivity contribution in [1.29, 1.82) is 0 Å². The van der Waals surface area contributed by atoms with Crippen molar-refractivity contribution in [3.8, 4) is 0 Å². The number of hydroxylamine groups is 2. The summed E-state index contributed by atoms with van der Waals surface area (Å²) in [4.78, 5) is 70.5. The fraction of sp³-hybridized carbons (Fsp3) is 0.385. The molecule has 0 spiro atoms. The van der Waals surface area contributed by atoms with Crippen LogP contribution in [0.3, 0.4) is 0 Å². The molecule has 17 heteroatoms. The molecular formula is C26H29N7O9S. The Balaban J connectivity index is 1.38. The number of thiol groups is 1. The summed E-state index contributed by atoms with van der Waals surface area (Å²) in [5.41, 5.74) is 6.97. The van der Waals surface area contributed by atoms with Crippen LogP contribution in [0.4, 0.5) is 16.2 Å². The number of nitrogens with two attached hydrogens (primary N) is 1. The number of aliphatic imine (C=N–C) groups is 1. The minimum absolute atomic E-state index is 0.0319. The third-order valence-electron chi connectivity index (χ3n) is 7.04. The summed E-state index contributed by atoms with van der Waals surface area (Å²) in [5, 5.41) is 22.7. The average molecular weight is 616 g/mol. The first-order valence-electron chi connectivity index (χ1n) is 13.1. The monoisotopic (exact) mass is 615 g/mol. The number of hydrogen-bond acceptors (Lipinski definition) is 10. The SMILES string of the molecule is NC(=NC=O)N(OCc1ccc([N+](=O)[O-])cc1)[C@@H]1CCN(C(=O)[C@@H]2C[C@H](S)CN2C(=O)OCc2ccc([N+](=O)[O-])cc2)C1. The van der Waals surface area contributed by atoms with Gasteiger partial charge >= 0.3 is 6.09 Å². The van der Waals surface area contributed by atoms with E-state index in [2.05, 4.69) is 17.6 Å². The minimum atomic E-state index is -0.818. The van der Waals surface area contributed by atoms with Gasteiger partial charge in [0.25, 0.3) is 11.4 Å². The smallest absolute Gasteiger partial charge is 0.410 e. The summed E-state index contributed by atoms with van der Waals surface area (Å²) >= 11 is 4.48. The lowest BCUT2D eigenvalue weighted by atomic mass is 10.2. The molecule has 0 unspecified atom stereocenters. The van der Waals surface area contributed by atoms with Gasteiger partial charge in [0.15, 0.2) is 0 Å². The molecule has 0 bridgehead atoms. The molecule has 3 atom stereocenters. The highest BCUT2D eigenvalue weighted by molar-refractivity contribution is 7.81. The number of benzene rings is 2. The van der Waals surface area contributed by atoms with Gasteiger partial charge in [-0.05, 0) is 48.2 Å². The van der Waals surface area contributed by atoms with Gasteiger partial charge in [-0.25, -0.2) is 9.86 Å². The first kappa shape index (κ1) is 31.2. The Morgan fingerprint density at radius 3 is 2.16 bits per heavy atom. The quantitative estimate of drug-likeness (QED) is 0.0988. The molecule has 2 fully saturated rings. The number of hydrogen-bond donors (Lipinski definition) is 2. The zero-order chi connectivity index (χ0) is 31.1. The Morgan fingerprint density at radius 2 is 1.60 bits per heavy atom. The van der Waals surface area contributed by atoms with Crippen LogP contribution in [0, 0.1) is 20.2 Å². The van der Waals surface area contributed by atoms with E-state index in [1.54, 1.807) is 4.90 Å². The van der Waals surface area contributed by atoms with E-state index in [-0.39, 0.29) is 61.2 Å². The molecule has 2 saturated heterocycles. The molecule has 2 heterocycles. The lowest BCUT2D eigenvalue weighted by molar-refractivity contribution is -0.385. The number of carbonyl (C=O) groups excluding carboxylic acids is 3. The van der Waals surface area contributed by atoms with Gasteiger partial charge in [-0.3, -0.25) is 39.6 Å². The summed E-state index contributed by atoms with van der Waals surface area (Å²) in [7, 11) is 0. The van der Waals surface area contributed by atoms with Crippen molar-refractivity contribution < 1.29 is 33.8 Å². The highest BCUT2D eigenvalue weighted by atomic mass is 32.1. The summed E-state index contributed by atoms with van der Waals surface area (Å²) in [6, 6.07) is 10.0. The maximum Gasteiger partial charge on any atom is 0.410 e. The number of carbonyl (C=O) groups is 3. The normalized spacial score (nSPS) is 20.1. The lowest BCUT2D eigenvalue weighted by Crippen LogP contribution is -2.49. The van der Waals surface area contributed by atoms with Gasteiger partial charge in [-0.15, -0.1) is 0 Å². The van der Waals surface area contributed by atoms with Crippen LogP contribution < -0.4 is 5.73 Å². The highest BCUT2D eigenvalue weighted by Gasteiger charge is 2.43. The number of amides is 3. The van der Waals surface area contributed by atoms with E-state index in [1.165, 1.54) is 58.5 Å². The van der Waals surface area contributed by atoms with Crippen LogP contribution >= 0.6 is 12.6 Å². The highest BCUT2D eigenvalue weighted by Crippen LogP contribution is 2.27. The maximum absolute atomic E-state index is 13.6. The molecule has 16 nitrogen and oxygen atoms in total. The van der Waals surface area contributed by atoms with Crippen LogP contribution in [0.25, 0.3) is 0 Å². The van der Waals surface area contributed by atoms with Crippen LogP contribution in [0.15, 0.2) is 53.5 Å². The Kier molecular flexibility index (Phi) is 10.1. The topological polar surface area (TPSA) is 204 Å². The van der Waals surface area contributed by atoms with E-state index in [9.17, 15) is 34.6 Å². The average Bonchev–Trinajstić information content (AvgIpc) is 3.63. The molecule has 0 aromatic heterocycles. The Hall–Kier alpha value is -4.77. The second-order valence-corrected chi connectivity index (χ2v) is 10.6. The number of rotatable bonds is 10. The molecule has 43 heavy (non-hydrogen) atoms. The molecule has 0 saturated carbocycles. The van der Waals surface area contributed by atoms with Crippen molar-refractivity contribution in [2.24, 2.45) is 10.7 Å². The fourth-order valence-corrected chi connectivity index (χ4v) is 5.24. The number of non-ortho nitro benzene ring substituents is 2. The first-order valence-corrected chi connectivity index (χ1v) is 13.6. The molecule has 4 rings (SSSR count). The molecule has 2 aromatic carbocycles. The van der Waals surface area contributed by atoms with Crippen molar-refractivity contribution in [2.75, 3.05) is 19.6 Å². The van der Waals surface area contributed by atoms with E-state index in [1.807, 2.05) is 0 Å². The van der Waals surface area contributed by atoms with Gasteiger partial charge in [0.05, 0.1) is 15.9 Å². The molecule has 228 valence electrons.